The molecule has 0 aliphatic rings. The van der Waals surface area contributed by atoms with Crippen LogP contribution in [-0.2, 0) is 0 Å². The second-order valence-electron chi connectivity index (χ2n) is 1.83. The van der Waals surface area contributed by atoms with Crippen LogP contribution in [0.25, 0.3) is 0 Å². The molecule has 0 aromatic carbocycles. The summed E-state index contributed by atoms with van der Waals surface area (Å²) in [6, 6.07) is 1.63. The minimum atomic E-state index is -0.429. The predicted octanol–water partition coefficient (Wildman–Crippen LogP) is 1.51. The summed E-state index contributed by atoms with van der Waals surface area (Å²) in [7, 11) is 0. The first-order valence-corrected chi connectivity index (χ1v) is 3.49. The van der Waals surface area contributed by atoms with E-state index in [0.717, 1.165) is 0 Å². The van der Waals surface area contributed by atoms with Gasteiger partial charge in [0.15, 0.2) is 0 Å². The molecule has 0 atom stereocenters. The van der Waals surface area contributed by atoms with Crippen molar-refractivity contribution >= 4 is 17.4 Å². The van der Waals surface area contributed by atoms with Crippen LogP contribution in [0.2, 0.25) is 5.28 Å². The van der Waals surface area contributed by atoms with Crippen LogP contribution < -0.4 is 5.32 Å². The molecule has 0 amide bonds. The molecule has 60 valence electrons. The van der Waals surface area contributed by atoms with Gasteiger partial charge in [-0.15, -0.1) is 0 Å². The molecule has 1 heterocycles. The van der Waals surface area contributed by atoms with Crippen LogP contribution in [0.15, 0.2) is 12.3 Å². The minimum Gasteiger partial charge on any atom is -0.367 e. The maximum Gasteiger partial charge on any atom is 0.224 e. The van der Waals surface area contributed by atoms with E-state index >= 15 is 0 Å². The summed E-state index contributed by atoms with van der Waals surface area (Å²) in [5, 5.41) is 2.89. The SMILES string of the molecule is FCCNc1ccnc(Cl)n1. The third kappa shape index (κ3) is 2.67. The zero-order chi connectivity index (χ0) is 8.10. The molecular formula is C6H7ClFN3. The van der Waals surface area contributed by atoms with Crippen molar-refractivity contribution in [3.8, 4) is 0 Å². The van der Waals surface area contributed by atoms with E-state index in [9.17, 15) is 4.39 Å². The number of aromatic nitrogens is 2. The van der Waals surface area contributed by atoms with Gasteiger partial charge in [-0.25, -0.2) is 14.4 Å². The van der Waals surface area contributed by atoms with Crippen molar-refractivity contribution in [2.24, 2.45) is 0 Å². The van der Waals surface area contributed by atoms with Gasteiger partial charge in [-0.2, -0.15) is 0 Å². The summed E-state index contributed by atoms with van der Waals surface area (Å²) in [5.41, 5.74) is 0. The van der Waals surface area contributed by atoms with E-state index in [1.54, 1.807) is 6.07 Å². The van der Waals surface area contributed by atoms with Crippen LogP contribution in [0.5, 0.6) is 0 Å². The lowest BCUT2D eigenvalue weighted by Gasteiger charge is -2.00. The first-order valence-electron chi connectivity index (χ1n) is 3.11. The Labute approximate surface area is 68.6 Å². The fourth-order valence-electron chi connectivity index (χ4n) is 0.609. The van der Waals surface area contributed by atoms with E-state index in [1.807, 2.05) is 0 Å². The lowest BCUT2D eigenvalue weighted by molar-refractivity contribution is 0.512. The van der Waals surface area contributed by atoms with Crippen molar-refractivity contribution in [2.45, 2.75) is 0 Å². The fraction of sp³-hybridized carbons (Fsp3) is 0.333. The molecule has 0 bridgehead atoms. The summed E-state index contributed by atoms with van der Waals surface area (Å²) in [5.74, 6) is 0.544. The van der Waals surface area contributed by atoms with Crippen LogP contribution in [0.1, 0.15) is 0 Å². The number of hydrogen-bond donors (Lipinski definition) is 1. The smallest absolute Gasteiger partial charge is 0.224 e. The molecule has 3 nitrogen and oxygen atoms in total. The van der Waals surface area contributed by atoms with Gasteiger partial charge in [0.05, 0.1) is 0 Å². The Kier molecular flexibility index (Phi) is 3.04. The molecule has 1 aromatic heterocycles. The summed E-state index contributed by atoms with van der Waals surface area (Å²) in [4.78, 5) is 7.46. The Morgan fingerprint density at radius 2 is 2.45 bits per heavy atom. The van der Waals surface area contributed by atoms with Gasteiger partial charge in [0.25, 0.3) is 0 Å². The van der Waals surface area contributed by atoms with E-state index in [2.05, 4.69) is 15.3 Å². The molecule has 0 radical (unpaired) electrons. The Morgan fingerprint density at radius 3 is 3.09 bits per heavy atom. The zero-order valence-corrected chi connectivity index (χ0v) is 6.48. The van der Waals surface area contributed by atoms with Gasteiger partial charge in [-0.05, 0) is 17.7 Å². The normalized spacial score (nSPS) is 9.64. The number of rotatable bonds is 3. The summed E-state index contributed by atoms with van der Waals surface area (Å²) in [6.45, 7) is -0.186. The molecule has 1 rings (SSSR count). The number of anilines is 1. The highest BCUT2D eigenvalue weighted by Gasteiger charge is 1.93. The second-order valence-corrected chi connectivity index (χ2v) is 2.16. The van der Waals surface area contributed by atoms with E-state index < -0.39 is 6.67 Å². The lowest BCUT2D eigenvalue weighted by atomic mass is 10.5. The van der Waals surface area contributed by atoms with Crippen molar-refractivity contribution in [1.82, 2.24) is 9.97 Å². The van der Waals surface area contributed by atoms with E-state index in [-0.39, 0.29) is 11.8 Å². The summed E-state index contributed by atoms with van der Waals surface area (Å²) < 4.78 is 11.6. The third-order valence-electron chi connectivity index (χ3n) is 1.03. The first kappa shape index (κ1) is 8.20. The third-order valence-corrected chi connectivity index (χ3v) is 1.21. The predicted molar refractivity (Wildman–Crippen MR) is 41.5 cm³/mol. The van der Waals surface area contributed by atoms with Crippen molar-refractivity contribution < 1.29 is 4.39 Å². The molecule has 0 spiro atoms. The number of alkyl halides is 1. The van der Waals surface area contributed by atoms with Crippen molar-refractivity contribution in [3.63, 3.8) is 0 Å². The maximum absolute atomic E-state index is 11.6. The highest BCUT2D eigenvalue weighted by Crippen LogP contribution is 2.04. The minimum absolute atomic E-state index is 0.161. The number of nitrogens with zero attached hydrogens (tertiary/aromatic N) is 2. The molecule has 5 heteroatoms. The van der Waals surface area contributed by atoms with Gasteiger partial charge < -0.3 is 5.32 Å². The number of hydrogen-bond acceptors (Lipinski definition) is 3. The van der Waals surface area contributed by atoms with Gasteiger partial charge in [0, 0.05) is 12.7 Å². The van der Waals surface area contributed by atoms with Gasteiger partial charge in [-0.3, -0.25) is 0 Å². The number of halogens is 2. The van der Waals surface area contributed by atoms with Crippen LogP contribution in [0.4, 0.5) is 10.2 Å². The van der Waals surface area contributed by atoms with Gasteiger partial charge in [0.2, 0.25) is 5.28 Å². The van der Waals surface area contributed by atoms with Crippen LogP contribution >= 0.6 is 11.6 Å². The maximum atomic E-state index is 11.6. The van der Waals surface area contributed by atoms with Crippen molar-refractivity contribution in [3.05, 3.63) is 17.5 Å². The molecule has 0 saturated heterocycles. The molecular weight excluding hydrogens is 169 g/mol. The lowest BCUT2D eigenvalue weighted by Crippen LogP contribution is -2.04. The fourth-order valence-corrected chi connectivity index (χ4v) is 0.756. The zero-order valence-electron chi connectivity index (χ0n) is 5.72. The molecule has 0 aliphatic carbocycles. The van der Waals surface area contributed by atoms with Crippen LogP contribution in [0, 0.1) is 0 Å². The number of nitrogens with one attached hydrogen (secondary N) is 1. The second kappa shape index (κ2) is 4.08. The van der Waals surface area contributed by atoms with Crippen molar-refractivity contribution in [2.75, 3.05) is 18.5 Å². The summed E-state index contributed by atoms with van der Waals surface area (Å²) >= 11 is 5.47. The molecule has 1 N–H and O–H groups in total. The highest BCUT2D eigenvalue weighted by molar-refractivity contribution is 6.28. The molecule has 0 saturated carbocycles. The van der Waals surface area contributed by atoms with Gasteiger partial charge >= 0.3 is 0 Å². The molecule has 1 aromatic rings. The largest absolute Gasteiger partial charge is 0.367 e. The van der Waals surface area contributed by atoms with Gasteiger partial charge in [-0.1, -0.05) is 0 Å². The molecule has 0 aliphatic heterocycles. The quantitative estimate of drug-likeness (QED) is 0.708. The first-order chi connectivity index (χ1) is 5.33. The van der Waals surface area contributed by atoms with Crippen molar-refractivity contribution in [1.29, 1.82) is 0 Å². The van der Waals surface area contributed by atoms with E-state index in [0.29, 0.717) is 5.82 Å². The Balaban J connectivity index is 2.56. The van der Waals surface area contributed by atoms with Crippen LogP contribution in [0.3, 0.4) is 0 Å². The topological polar surface area (TPSA) is 37.8 Å². The average Bonchev–Trinajstić information content (AvgIpc) is 2.01. The Hall–Kier alpha value is -0.900. The summed E-state index contributed by atoms with van der Waals surface area (Å²) in [6.07, 6.45) is 1.51. The van der Waals surface area contributed by atoms with E-state index in [4.69, 9.17) is 11.6 Å². The molecule has 0 fully saturated rings. The molecule has 11 heavy (non-hydrogen) atoms. The Bertz CT molecular complexity index is 231. The monoisotopic (exact) mass is 175 g/mol. The molecule has 0 unspecified atom stereocenters. The Morgan fingerprint density at radius 1 is 1.64 bits per heavy atom. The van der Waals surface area contributed by atoms with Crippen LogP contribution in [-0.4, -0.2) is 23.2 Å². The average molecular weight is 176 g/mol. The highest BCUT2D eigenvalue weighted by atomic mass is 35.5. The van der Waals surface area contributed by atoms with Gasteiger partial charge in [0.1, 0.15) is 12.5 Å². The van der Waals surface area contributed by atoms with E-state index in [1.165, 1.54) is 6.20 Å². The standard InChI is InChI=1S/C6H7ClFN3/c7-6-10-3-1-5(11-6)9-4-2-8/h1,3H,2,4H2,(H,9,10,11).